The van der Waals surface area contributed by atoms with Gasteiger partial charge in [0.25, 0.3) is 0 Å². The molecular formula is C14H17NO3. The Bertz CT molecular complexity index is 438. The molecular weight excluding hydrogens is 230 g/mol. The summed E-state index contributed by atoms with van der Waals surface area (Å²) in [4.78, 5) is 22.8. The third-order valence-electron chi connectivity index (χ3n) is 3.60. The van der Waals surface area contributed by atoms with Gasteiger partial charge < -0.3 is 10.4 Å². The number of carbonyl (C=O) groups is 2. The molecule has 4 heteroatoms. The fourth-order valence-electron chi connectivity index (χ4n) is 2.18. The van der Waals surface area contributed by atoms with Crippen molar-refractivity contribution in [1.29, 1.82) is 0 Å². The molecule has 96 valence electrons. The minimum Gasteiger partial charge on any atom is -0.481 e. The SMILES string of the molecule is O=C(Cc1ccccc1)NCC1(C(=O)O)CCC1. The van der Waals surface area contributed by atoms with E-state index in [4.69, 9.17) is 5.11 Å². The van der Waals surface area contributed by atoms with Crippen LogP contribution >= 0.6 is 0 Å². The van der Waals surface area contributed by atoms with Gasteiger partial charge in [-0.25, -0.2) is 0 Å². The number of benzene rings is 1. The first-order valence-corrected chi connectivity index (χ1v) is 6.16. The Morgan fingerprint density at radius 1 is 1.22 bits per heavy atom. The highest BCUT2D eigenvalue weighted by atomic mass is 16.4. The lowest BCUT2D eigenvalue weighted by molar-refractivity contribution is -0.154. The van der Waals surface area contributed by atoms with Gasteiger partial charge in [-0.2, -0.15) is 0 Å². The molecule has 0 heterocycles. The van der Waals surface area contributed by atoms with E-state index in [0.29, 0.717) is 19.3 Å². The quantitative estimate of drug-likeness (QED) is 0.830. The summed E-state index contributed by atoms with van der Waals surface area (Å²) in [6.45, 7) is 0.244. The van der Waals surface area contributed by atoms with Crippen LogP contribution in [0.2, 0.25) is 0 Å². The fourth-order valence-corrected chi connectivity index (χ4v) is 2.18. The van der Waals surface area contributed by atoms with Crippen LogP contribution in [0.3, 0.4) is 0 Å². The van der Waals surface area contributed by atoms with Crippen molar-refractivity contribution in [2.24, 2.45) is 5.41 Å². The van der Waals surface area contributed by atoms with Gasteiger partial charge in [0, 0.05) is 6.54 Å². The number of rotatable bonds is 5. The van der Waals surface area contributed by atoms with E-state index in [1.807, 2.05) is 30.3 Å². The van der Waals surface area contributed by atoms with Gasteiger partial charge in [-0.3, -0.25) is 9.59 Å². The number of aliphatic carboxylic acids is 1. The topological polar surface area (TPSA) is 66.4 Å². The molecule has 1 saturated carbocycles. The minimum atomic E-state index is -0.797. The van der Waals surface area contributed by atoms with Crippen LogP contribution in [-0.2, 0) is 16.0 Å². The zero-order valence-corrected chi connectivity index (χ0v) is 10.2. The lowest BCUT2D eigenvalue weighted by atomic mass is 9.69. The zero-order chi connectivity index (χ0) is 13.0. The molecule has 0 saturated heterocycles. The third kappa shape index (κ3) is 2.70. The second-order valence-corrected chi connectivity index (χ2v) is 4.88. The number of hydrogen-bond donors (Lipinski definition) is 2. The normalized spacial score (nSPS) is 16.7. The predicted molar refractivity (Wildman–Crippen MR) is 67.1 cm³/mol. The molecule has 4 nitrogen and oxygen atoms in total. The van der Waals surface area contributed by atoms with Crippen molar-refractivity contribution >= 4 is 11.9 Å². The second-order valence-electron chi connectivity index (χ2n) is 4.88. The Balaban J connectivity index is 1.83. The molecule has 1 aromatic rings. The smallest absolute Gasteiger partial charge is 0.311 e. The first-order valence-electron chi connectivity index (χ1n) is 6.16. The molecule has 0 spiro atoms. The summed E-state index contributed by atoms with van der Waals surface area (Å²) in [5.74, 6) is -0.914. The van der Waals surface area contributed by atoms with E-state index in [1.165, 1.54) is 0 Å². The first-order chi connectivity index (χ1) is 8.62. The highest BCUT2D eigenvalue weighted by Crippen LogP contribution is 2.40. The van der Waals surface area contributed by atoms with Crippen LogP contribution < -0.4 is 5.32 Å². The first kappa shape index (κ1) is 12.6. The summed E-state index contributed by atoms with van der Waals surface area (Å²) in [6, 6.07) is 9.43. The van der Waals surface area contributed by atoms with E-state index >= 15 is 0 Å². The Morgan fingerprint density at radius 3 is 2.39 bits per heavy atom. The summed E-state index contributed by atoms with van der Waals surface area (Å²) in [7, 11) is 0. The van der Waals surface area contributed by atoms with E-state index in [0.717, 1.165) is 12.0 Å². The molecule has 0 radical (unpaired) electrons. The number of carbonyl (C=O) groups excluding carboxylic acids is 1. The van der Waals surface area contributed by atoms with Gasteiger partial charge in [0.15, 0.2) is 0 Å². The number of carboxylic acids is 1. The van der Waals surface area contributed by atoms with Crippen LogP contribution in [0.25, 0.3) is 0 Å². The van der Waals surface area contributed by atoms with Crippen LogP contribution in [-0.4, -0.2) is 23.5 Å². The third-order valence-corrected chi connectivity index (χ3v) is 3.60. The van der Waals surface area contributed by atoms with Crippen molar-refractivity contribution in [3.8, 4) is 0 Å². The van der Waals surface area contributed by atoms with Crippen molar-refractivity contribution in [3.05, 3.63) is 35.9 Å². The van der Waals surface area contributed by atoms with Gasteiger partial charge >= 0.3 is 5.97 Å². The van der Waals surface area contributed by atoms with Crippen LogP contribution in [0, 0.1) is 5.41 Å². The van der Waals surface area contributed by atoms with Crippen LogP contribution in [0.5, 0.6) is 0 Å². The molecule has 0 aliphatic heterocycles. The molecule has 2 N–H and O–H groups in total. The highest BCUT2D eigenvalue weighted by molar-refractivity contribution is 5.81. The average molecular weight is 247 g/mol. The molecule has 1 amide bonds. The van der Waals surface area contributed by atoms with Crippen molar-refractivity contribution in [1.82, 2.24) is 5.32 Å². The minimum absolute atomic E-state index is 0.117. The second kappa shape index (κ2) is 5.21. The Labute approximate surface area is 106 Å². The Kier molecular flexibility index (Phi) is 3.65. The largest absolute Gasteiger partial charge is 0.481 e. The molecule has 1 fully saturated rings. The van der Waals surface area contributed by atoms with Gasteiger partial charge in [0.2, 0.25) is 5.91 Å². The Hall–Kier alpha value is -1.84. The predicted octanol–water partition coefficient (Wildman–Crippen LogP) is 1.60. The van der Waals surface area contributed by atoms with Crippen LogP contribution in [0.4, 0.5) is 0 Å². The molecule has 0 bridgehead atoms. The maximum Gasteiger partial charge on any atom is 0.311 e. The van der Waals surface area contributed by atoms with E-state index in [2.05, 4.69) is 5.32 Å². The van der Waals surface area contributed by atoms with Crippen molar-refractivity contribution in [3.63, 3.8) is 0 Å². The van der Waals surface area contributed by atoms with Crippen molar-refractivity contribution < 1.29 is 14.7 Å². The summed E-state index contributed by atoms with van der Waals surface area (Å²) in [5, 5.41) is 11.9. The van der Waals surface area contributed by atoms with Crippen molar-refractivity contribution in [2.75, 3.05) is 6.54 Å². The van der Waals surface area contributed by atoms with E-state index in [9.17, 15) is 9.59 Å². The van der Waals surface area contributed by atoms with Gasteiger partial charge in [-0.15, -0.1) is 0 Å². The molecule has 1 aliphatic carbocycles. The molecule has 0 aromatic heterocycles. The maximum absolute atomic E-state index is 11.7. The molecule has 2 rings (SSSR count). The van der Waals surface area contributed by atoms with Gasteiger partial charge in [-0.05, 0) is 18.4 Å². The molecule has 1 aliphatic rings. The van der Waals surface area contributed by atoms with Crippen LogP contribution in [0.1, 0.15) is 24.8 Å². The molecule has 1 aromatic carbocycles. The van der Waals surface area contributed by atoms with Gasteiger partial charge in [-0.1, -0.05) is 36.8 Å². The lowest BCUT2D eigenvalue weighted by Crippen LogP contribution is -2.47. The number of nitrogens with one attached hydrogen (secondary N) is 1. The molecule has 18 heavy (non-hydrogen) atoms. The number of carboxylic acid groups (broad SMARTS) is 1. The zero-order valence-electron chi connectivity index (χ0n) is 10.2. The highest BCUT2D eigenvalue weighted by Gasteiger charge is 2.44. The van der Waals surface area contributed by atoms with E-state index < -0.39 is 11.4 Å². The monoisotopic (exact) mass is 247 g/mol. The van der Waals surface area contributed by atoms with Crippen molar-refractivity contribution in [2.45, 2.75) is 25.7 Å². The summed E-state index contributed by atoms with van der Waals surface area (Å²) < 4.78 is 0. The van der Waals surface area contributed by atoms with Crippen LogP contribution in [0.15, 0.2) is 30.3 Å². The maximum atomic E-state index is 11.7. The fraction of sp³-hybridized carbons (Fsp3) is 0.429. The molecule has 0 atom stereocenters. The van der Waals surface area contributed by atoms with E-state index in [1.54, 1.807) is 0 Å². The van der Waals surface area contributed by atoms with E-state index in [-0.39, 0.29) is 12.5 Å². The lowest BCUT2D eigenvalue weighted by Gasteiger charge is -2.37. The van der Waals surface area contributed by atoms with Gasteiger partial charge in [0.1, 0.15) is 0 Å². The summed E-state index contributed by atoms with van der Waals surface area (Å²) in [6.07, 6.45) is 2.55. The number of hydrogen-bond acceptors (Lipinski definition) is 2. The Morgan fingerprint density at radius 2 is 1.89 bits per heavy atom. The summed E-state index contributed by atoms with van der Waals surface area (Å²) >= 11 is 0. The summed E-state index contributed by atoms with van der Waals surface area (Å²) in [5.41, 5.74) is 0.222. The number of amides is 1. The van der Waals surface area contributed by atoms with Gasteiger partial charge in [0.05, 0.1) is 11.8 Å². The average Bonchev–Trinajstić information content (AvgIpc) is 2.28. The molecule has 0 unspecified atom stereocenters. The standard InChI is InChI=1S/C14H17NO3/c16-12(9-11-5-2-1-3-6-11)15-10-14(13(17)18)7-4-8-14/h1-3,5-6H,4,7-10H2,(H,15,16)(H,17,18).